The Kier molecular flexibility index (Phi) is 12.5. The van der Waals surface area contributed by atoms with Crippen molar-refractivity contribution in [2.45, 2.75) is 72.6 Å². The van der Waals surface area contributed by atoms with Crippen LogP contribution in [0, 0.1) is 30.6 Å². The number of aliphatic hydroxyl groups excluding tert-OH is 2. The number of benzene rings is 2. The number of fused-ring (bicyclic) bond motifs is 14. The fraction of sp³-hybridized carbons (Fsp3) is 0.512. The van der Waals surface area contributed by atoms with Gasteiger partial charge in [-0.1, -0.05) is 45.9 Å². The molecule has 6 rings (SSSR count). The van der Waals surface area contributed by atoms with E-state index in [1.54, 1.807) is 44.9 Å². The Bertz CT molecular complexity index is 2000. The molecule has 1 amide bonds. The molecule has 1 fully saturated rings. The van der Waals surface area contributed by atoms with Crippen molar-refractivity contribution >= 4 is 40.1 Å². The quantitative estimate of drug-likeness (QED) is 0.148. The van der Waals surface area contributed by atoms with Crippen LogP contribution in [0.3, 0.4) is 0 Å². The number of rotatable bonds is 3. The van der Waals surface area contributed by atoms with E-state index in [2.05, 4.69) is 15.3 Å². The molecule has 1 saturated heterocycles. The van der Waals surface area contributed by atoms with Gasteiger partial charge >= 0.3 is 5.79 Å². The number of phenolic OH excluding ortho intramolecular Hbond substituents is 3. The smallest absolute Gasteiger partial charge is 0.312 e. The van der Waals surface area contributed by atoms with E-state index >= 15 is 0 Å². The number of hydrogen-bond acceptors (Lipinski definition) is 14. The van der Waals surface area contributed by atoms with Gasteiger partial charge in [0, 0.05) is 80.4 Å². The highest BCUT2D eigenvalue weighted by Gasteiger charge is 2.50. The van der Waals surface area contributed by atoms with Gasteiger partial charge in [-0.2, -0.15) is 5.10 Å². The number of amides is 1. The van der Waals surface area contributed by atoms with Crippen molar-refractivity contribution < 1.29 is 54.1 Å². The Hall–Kier alpha value is -4.96. The second-order valence-corrected chi connectivity index (χ2v) is 15.3. The molecular weight excluding hydrogens is 724 g/mol. The largest absolute Gasteiger partial charge is 0.507 e. The highest BCUT2D eigenvalue weighted by atomic mass is 16.7. The van der Waals surface area contributed by atoms with Gasteiger partial charge in [0.2, 0.25) is 0 Å². The minimum Gasteiger partial charge on any atom is -0.507 e. The molecule has 4 heterocycles. The number of nitrogens with one attached hydrogen (secondary N) is 1. The Morgan fingerprint density at radius 1 is 0.929 bits per heavy atom. The predicted molar refractivity (Wildman–Crippen MR) is 210 cm³/mol. The summed E-state index contributed by atoms with van der Waals surface area (Å²) >= 11 is 0. The molecule has 56 heavy (non-hydrogen) atoms. The summed E-state index contributed by atoms with van der Waals surface area (Å²) in [6, 6.07) is 0. The molecule has 15 nitrogen and oxygen atoms in total. The van der Waals surface area contributed by atoms with E-state index < -0.39 is 76.7 Å². The summed E-state index contributed by atoms with van der Waals surface area (Å²) < 4.78 is 17.5. The number of Topliss-reactive ketones (excluding diaryl/α,β-unsaturated/α-hetero) is 2. The number of nitrogens with zero attached hydrogens (tertiary/aromatic N) is 3. The van der Waals surface area contributed by atoms with E-state index in [1.165, 1.54) is 46.2 Å². The van der Waals surface area contributed by atoms with Gasteiger partial charge in [-0.3, -0.25) is 19.4 Å². The molecule has 8 atom stereocenters. The SMILES string of the molecule is CO[C@H]1/C=C/O[C@@]2(C)Oc3c(C)c(O)c4c(O)c(c(/C=N/N5CCN(C)CC5)c(O)c4c3C2=O)NC(=O)/C(C)=C\C=C\[C@H](C)[C@H](O)[C@@H](C)[C@@H](O)[C@@H](C)C(=O)[C@@H]1C. The molecule has 0 saturated carbocycles. The van der Waals surface area contributed by atoms with Crippen LogP contribution >= 0.6 is 0 Å². The maximum absolute atomic E-state index is 14.3. The minimum absolute atomic E-state index is 0.0572. The number of ether oxygens (including phenoxy) is 3. The number of allylic oxidation sites excluding steroid dienone is 2. The van der Waals surface area contributed by atoms with E-state index in [4.69, 9.17) is 14.2 Å². The lowest BCUT2D eigenvalue weighted by Gasteiger charge is -2.32. The molecular formula is C41H54N4O11. The van der Waals surface area contributed by atoms with Gasteiger partial charge in [0.05, 0.1) is 53.0 Å². The van der Waals surface area contributed by atoms with Gasteiger partial charge in [0.15, 0.2) is 5.75 Å². The van der Waals surface area contributed by atoms with E-state index in [0.717, 1.165) is 19.4 Å². The van der Waals surface area contributed by atoms with Gasteiger partial charge in [0.1, 0.15) is 23.0 Å². The van der Waals surface area contributed by atoms with Crippen LogP contribution < -0.4 is 10.1 Å². The van der Waals surface area contributed by atoms with Crippen molar-refractivity contribution in [3.05, 3.63) is 52.8 Å². The molecule has 5 bridgehead atoms. The third-order valence-electron chi connectivity index (χ3n) is 11.4. The third-order valence-corrected chi connectivity index (χ3v) is 11.4. The van der Waals surface area contributed by atoms with Gasteiger partial charge in [0.25, 0.3) is 11.7 Å². The molecule has 0 aliphatic carbocycles. The molecule has 0 radical (unpaired) electrons. The topological polar surface area (TPSA) is 211 Å². The first-order valence-corrected chi connectivity index (χ1v) is 18.8. The summed E-state index contributed by atoms with van der Waals surface area (Å²) in [6.45, 7) is 13.5. The number of aromatic hydroxyl groups is 3. The summed E-state index contributed by atoms with van der Waals surface area (Å²) in [5.74, 6) is -8.49. The maximum Gasteiger partial charge on any atom is 0.312 e. The zero-order chi connectivity index (χ0) is 41.4. The Morgan fingerprint density at radius 3 is 2.23 bits per heavy atom. The van der Waals surface area contributed by atoms with Gasteiger partial charge < -0.3 is 50.0 Å². The fourth-order valence-corrected chi connectivity index (χ4v) is 7.36. The van der Waals surface area contributed by atoms with Crippen LogP contribution in [-0.2, 0) is 19.1 Å². The maximum atomic E-state index is 14.3. The first-order valence-electron chi connectivity index (χ1n) is 18.8. The standard InChI is InChI=1S/C41H54N4O11/c1-20-11-10-12-21(2)40(53)43-31-26(19-42-45-16-14-44(8)15-17-45)36(50)28-29(37(31)51)35(49)25(6)38-30(28)39(52)41(7,56-38)55-18-13-27(54-9)22(3)33(47)24(5)34(48)23(4)32(20)46/h10-13,18-20,22-24,27,32,34,46,48-51H,14-17H2,1-9H3,(H,43,53)/b11-10+,18-13+,21-12-,42-19+/t20-,22+,23+,24-,27-,32-,34+,41-/m0/s1. The number of piperazine rings is 1. The van der Waals surface area contributed by atoms with Crippen LogP contribution in [0.4, 0.5) is 5.69 Å². The molecule has 0 spiro atoms. The van der Waals surface area contributed by atoms with E-state index in [9.17, 15) is 39.9 Å². The highest BCUT2D eigenvalue weighted by Crippen LogP contribution is 2.55. The van der Waals surface area contributed by atoms with Gasteiger partial charge in [-0.25, -0.2) is 0 Å². The number of likely N-dealkylation sites (N-methyl/N-ethyl adjacent to an activating group) is 1. The van der Waals surface area contributed by atoms with E-state index in [-0.39, 0.29) is 50.3 Å². The predicted octanol–water partition coefficient (Wildman–Crippen LogP) is 3.97. The molecule has 6 N–H and O–H groups in total. The van der Waals surface area contributed by atoms with E-state index in [0.29, 0.717) is 13.1 Å². The van der Waals surface area contributed by atoms with Crippen molar-refractivity contribution in [1.82, 2.24) is 9.91 Å². The van der Waals surface area contributed by atoms with E-state index in [1.807, 2.05) is 7.05 Å². The molecule has 4 aliphatic heterocycles. The van der Waals surface area contributed by atoms with Crippen molar-refractivity contribution in [2.75, 3.05) is 45.7 Å². The summed E-state index contributed by atoms with van der Waals surface area (Å²) in [5, 5.41) is 66.1. The minimum atomic E-state index is -2.03. The summed E-state index contributed by atoms with van der Waals surface area (Å²) in [5.41, 5.74) is -0.343. The van der Waals surface area contributed by atoms with Crippen molar-refractivity contribution in [2.24, 2.45) is 28.8 Å². The number of ketones is 2. The number of aliphatic hydroxyl groups is 2. The first kappa shape index (κ1) is 42.2. The molecule has 2 aromatic carbocycles. The van der Waals surface area contributed by atoms with Crippen LogP contribution in [0.1, 0.15) is 63.0 Å². The van der Waals surface area contributed by atoms with Crippen LogP contribution in [0.2, 0.25) is 0 Å². The van der Waals surface area contributed by atoms with Crippen molar-refractivity contribution in [1.29, 1.82) is 0 Å². The Labute approximate surface area is 326 Å². The van der Waals surface area contributed by atoms with Crippen LogP contribution in [0.25, 0.3) is 10.8 Å². The first-order chi connectivity index (χ1) is 26.3. The van der Waals surface area contributed by atoms with Gasteiger partial charge in [-0.15, -0.1) is 0 Å². The Balaban J connectivity index is 1.70. The second-order valence-electron chi connectivity index (χ2n) is 15.3. The number of carbonyl (C=O) groups excluding carboxylic acids is 3. The zero-order valence-corrected chi connectivity index (χ0v) is 33.4. The molecule has 304 valence electrons. The lowest BCUT2D eigenvalue weighted by Crippen LogP contribution is -2.42. The summed E-state index contributed by atoms with van der Waals surface area (Å²) in [4.78, 5) is 43.7. The molecule has 0 unspecified atom stereocenters. The van der Waals surface area contributed by atoms with Crippen molar-refractivity contribution in [3.63, 3.8) is 0 Å². The monoisotopic (exact) mass is 778 g/mol. The van der Waals surface area contributed by atoms with Gasteiger partial charge in [-0.05, 0) is 27.0 Å². The lowest BCUT2D eigenvalue weighted by atomic mass is 9.79. The number of carbonyl (C=O) groups is 3. The van der Waals surface area contributed by atoms with Crippen LogP contribution in [0.15, 0.2) is 41.2 Å². The lowest BCUT2D eigenvalue weighted by molar-refractivity contribution is -0.135. The average molecular weight is 779 g/mol. The summed E-state index contributed by atoms with van der Waals surface area (Å²) in [7, 11) is 3.38. The molecule has 2 aromatic rings. The van der Waals surface area contributed by atoms with Crippen molar-refractivity contribution in [3.8, 4) is 23.0 Å². The van der Waals surface area contributed by atoms with Crippen LogP contribution in [-0.4, -0.2) is 124 Å². The number of hydrazone groups is 1. The molecule has 4 aliphatic rings. The average Bonchev–Trinajstić information content (AvgIpc) is 3.44. The zero-order valence-electron chi connectivity index (χ0n) is 33.4. The Morgan fingerprint density at radius 2 is 1.59 bits per heavy atom. The molecule has 0 aromatic heterocycles. The number of methoxy groups -OCH3 is 1. The fourth-order valence-electron chi connectivity index (χ4n) is 7.36. The third kappa shape index (κ3) is 7.85. The number of phenols is 3. The highest BCUT2D eigenvalue weighted by molar-refractivity contribution is 6.23. The normalized spacial score (nSPS) is 32.0. The van der Waals surface area contributed by atoms with Crippen LogP contribution in [0.5, 0.6) is 23.0 Å². The molecule has 15 heteroatoms. The second kappa shape index (κ2) is 16.6. The summed E-state index contributed by atoms with van der Waals surface area (Å²) in [6.07, 6.45) is 5.48. The number of anilines is 1. The number of hydrogen-bond donors (Lipinski definition) is 6.